The summed E-state index contributed by atoms with van der Waals surface area (Å²) in [6.07, 6.45) is 0. The van der Waals surface area contributed by atoms with Gasteiger partial charge in [0.1, 0.15) is 0 Å². The van der Waals surface area contributed by atoms with Gasteiger partial charge in [0.15, 0.2) is 11.6 Å². The molecule has 1 aliphatic heterocycles. The molecule has 0 amide bonds. The smallest absolute Gasteiger partial charge is 0.236 e. The maximum absolute atomic E-state index is 13.3. The summed E-state index contributed by atoms with van der Waals surface area (Å²) in [6.45, 7) is -0.0661. The van der Waals surface area contributed by atoms with E-state index in [-0.39, 0.29) is 23.9 Å². The molecule has 1 aromatic carbocycles. The molecule has 0 spiro atoms. The summed E-state index contributed by atoms with van der Waals surface area (Å²) in [4.78, 5) is 0. The Labute approximate surface area is 90.0 Å². The van der Waals surface area contributed by atoms with Gasteiger partial charge in [-0.1, -0.05) is 0 Å². The molecule has 0 fully saturated rings. The van der Waals surface area contributed by atoms with E-state index in [0.717, 1.165) is 6.07 Å². The lowest BCUT2D eigenvalue weighted by atomic mass is 10.2. The van der Waals surface area contributed by atoms with Crippen molar-refractivity contribution >= 4 is 19.7 Å². The Bertz CT molecular complexity index is 500. The second-order valence-corrected chi connectivity index (χ2v) is 5.77. The van der Waals surface area contributed by atoms with Gasteiger partial charge in [-0.2, -0.15) is 0 Å². The highest BCUT2D eigenvalue weighted by Crippen LogP contribution is 2.36. The van der Waals surface area contributed by atoms with E-state index in [2.05, 4.69) is 0 Å². The molecule has 0 N–H and O–H groups in total. The molecule has 0 bridgehead atoms. The first-order valence-electron chi connectivity index (χ1n) is 3.96. The highest BCUT2D eigenvalue weighted by molar-refractivity contribution is 8.13. The van der Waals surface area contributed by atoms with E-state index in [9.17, 15) is 12.8 Å². The first-order chi connectivity index (χ1) is 6.96. The summed E-state index contributed by atoms with van der Waals surface area (Å²) in [5, 5.41) is 0. The highest BCUT2D eigenvalue weighted by atomic mass is 35.7. The average molecular weight is 253 g/mol. The molecule has 0 aliphatic carbocycles. The molecule has 7 heteroatoms. The Morgan fingerprint density at radius 3 is 2.80 bits per heavy atom. The molecule has 0 saturated heterocycles. The van der Waals surface area contributed by atoms with Crippen LogP contribution in [0.3, 0.4) is 0 Å². The molecule has 4 nitrogen and oxygen atoms in total. The third-order valence-electron chi connectivity index (χ3n) is 1.83. The molecular weight excluding hydrogens is 247 g/mol. The van der Waals surface area contributed by atoms with E-state index >= 15 is 0 Å². The molecule has 0 atom stereocenters. The lowest BCUT2D eigenvalue weighted by molar-refractivity contribution is 0.171. The van der Waals surface area contributed by atoms with Gasteiger partial charge in [-0.3, -0.25) is 0 Å². The van der Waals surface area contributed by atoms with Gasteiger partial charge >= 0.3 is 0 Å². The zero-order valence-electron chi connectivity index (χ0n) is 7.37. The topological polar surface area (TPSA) is 52.6 Å². The van der Waals surface area contributed by atoms with Crippen LogP contribution in [0.4, 0.5) is 4.39 Å². The van der Waals surface area contributed by atoms with E-state index in [4.69, 9.17) is 20.2 Å². The molecule has 0 saturated carbocycles. The van der Waals surface area contributed by atoms with Gasteiger partial charge in [-0.25, -0.2) is 12.8 Å². The van der Waals surface area contributed by atoms with Crippen molar-refractivity contribution in [1.82, 2.24) is 0 Å². The Balaban J connectivity index is 2.40. The number of rotatable bonds is 2. The lowest BCUT2D eigenvalue weighted by Gasteiger charge is -2.01. The minimum atomic E-state index is -3.70. The maximum Gasteiger partial charge on any atom is 0.236 e. The van der Waals surface area contributed by atoms with Crippen LogP contribution in [0, 0.1) is 5.82 Å². The van der Waals surface area contributed by atoms with E-state index < -0.39 is 20.6 Å². The van der Waals surface area contributed by atoms with E-state index in [1.54, 1.807) is 0 Å². The SMILES string of the molecule is O=S(=O)(Cl)Cc1cc(F)c2c(c1)OCO2. The highest BCUT2D eigenvalue weighted by Gasteiger charge is 2.20. The lowest BCUT2D eigenvalue weighted by Crippen LogP contribution is -1.96. The standard InChI is InChI=1S/C8H6ClFO4S/c9-15(11,12)3-5-1-6(10)8-7(2-5)13-4-14-8/h1-2H,3-4H2. The summed E-state index contributed by atoms with van der Waals surface area (Å²) >= 11 is 0. The van der Waals surface area contributed by atoms with Crippen molar-refractivity contribution in [2.45, 2.75) is 5.75 Å². The largest absolute Gasteiger partial charge is 0.453 e. The van der Waals surface area contributed by atoms with Gasteiger partial charge in [-0.05, 0) is 17.7 Å². The second kappa shape index (κ2) is 3.53. The molecule has 0 radical (unpaired) electrons. The summed E-state index contributed by atoms with van der Waals surface area (Å²) in [6, 6.07) is 2.46. The predicted octanol–water partition coefficient (Wildman–Crippen LogP) is 1.62. The van der Waals surface area contributed by atoms with Crippen molar-refractivity contribution in [3.05, 3.63) is 23.5 Å². The number of hydrogen-bond acceptors (Lipinski definition) is 4. The summed E-state index contributed by atoms with van der Waals surface area (Å²) in [5.41, 5.74) is 0.228. The fourth-order valence-electron chi connectivity index (χ4n) is 1.30. The third kappa shape index (κ3) is 2.32. The maximum atomic E-state index is 13.3. The number of halogens is 2. The Hall–Kier alpha value is -1.01. The third-order valence-corrected chi connectivity index (χ3v) is 2.83. The van der Waals surface area contributed by atoms with Crippen LogP contribution in [-0.4, -0.2) is 15.2 Å². The Morgan fingerprint density at radius 2 is 2.13 bits per heavy atom. The average Bonchev–Trinajstić information content (AvgIpc) is 2.48. The van der Waals surface area contributed by atoms with Crippen molar-refractivity contribution in [2.75, 3.05) is 6.79 Å². The normalized spacial score (nSPS) is 14.3. The van der Waals surface area contributed by atoms with E-state index in [1.165, 1.54) is 6.07 Å². The molecule has 82 valence electrons. The summed E-state index contributed by atoms with van der Waals surface area (Å²) in [5.74, 6) is -0.890. The van der Waals surface area contributed by atoms with Crippen LogP contribution < -0.4 is 9.47 Å². The molecule has 1 aromatic rings. The summed E-state index contributed by atoms with van der Waals surface area (Å²) < 4.78 is 44.6. The molecule has 15 heavy (non-hydrogen) atoms. The van der Waals surface area contributed by atoms with Crippen LogP contribution in [-0.2, 0) is 14.8 Å². The molecular formula is C8H6ClFO4S. The number of fused-ring (bicyclic) bond motifs is 1. The van der Waals surface area contributed by atoms with Crippen LogP contribution in [0.1, 0.15) is 5.56 Å². The van der Waals surface area contributed by atoms with Crippen LogP contribution in [0.5, 0.6) is 11.5 Å². The van der Waals surface area contributed by atoms with Gasteiger partial charge in [0.25, 0.3) is 0 Å². The van der Waals surface area contributed by atoms with Crippen molar-refractivity contribution in [3.63, 3.8) is 0 Å². The zero-order valence-corrected chi connectivity index (χ0v) is 8.94. The van der Waals surface area contributed by atoms with Gasteiger partial charge in [0, 0.05) is 10.7 Å². The first kappa shape index (κ1) is 10.5. The van der Waals surface area contributed by atoms with Crippen LogP contribution >= 0.6 is 10.7 Å². The minimum absolute atomic E-state index is 0.00530. The van der Waals surface area contributed by atoms with Gasteiger partial charge in [0.05, 0.1) is 5.75 Å². The minimum Gasteiger partial charge on any atom is -0.453 e. The number of ether oxygens (including phenoxy) is 2. The molecule has 1 aliphatic rings. The Morgan fingerprint density at radius 1 is 1.40 bits per heavy atom. The van der Waals surface area contributed by atoms with E-state index in [1.807, 2.05) is 0 Å². The first-order valence-corrected chi connectivity index (χ1v) is 6.44. The van der Waals surface area contributed by atoms with Crippen molar-refractivity contribution in [1.29, 1.82) is 0 Å². The van der Waals surface area contributed by atoms with Crippen molar-refractivity contribution < 1.29 is 22.3 Å². The van der Waals surface area contributed by atoms with Crippen molar-refractivity contribution in [2.24, 2.45) is 0 Å². The van der Waals surface area contributed by atoms with Gasteiger partial charge < -0.3 is 9.47 Å². The monoisotopic (exact) mass is 252 g/mol. The van der Waals surface area contributed by atoms with Gasteiger partial charge in [-0.15, -0.1) is 0 Å². The second-order valence-electron chi connectivity index (χ2n) is 2.99. The van der Waals surface area contributed by atoms with Gasteiger partial charge in [0.2, 0.25) is 21.6 Å². The predicted molar refractivity (Wildman–Crippen MR) is 51.0 cm³/mol. The van der Waals surface area contributed by atoms with Crippen LogP contribution in [0.25, 0.3) is 0 Å². The van der Waals surface area contributed by atoms with Crippen LogP contribution in [0.2, 0.25) is 0 Å². The molecule has 0 unspecified atom stereocenters. The molecule has 2 rings (SSSR count). The van der Waals surface area contributed by atoms with Crippen LogP contribution in [0.15, 0.2) is 12.1 Å². The number of benzene rings is 1. The molecule has 0 aromatic heterocycles. The fourth-order valence-corrected chi connectivity index (χ4v) is 2.25. The van der Waals surface area contributed by atoms with E-state index in [0.29, 0.717) is 0 Å². The summed E-state index contributed by atoms with van der Waals surface area (Å²) in [7, 11) is 1.35. The Kier molecular flexibility index (Phi) is 2.47. The number of hydrogen-bond donors (Lipinski definition) is 0. The quantitative estimate of drug-likeness (QED) is 0.751. The zero-order chi connectivity index (χ0) is 11.1. The van der Waals surface area contributed by atoms with Crippen molar-refractivity contribution in [3.8, 4) is 11.5 Å². The molecule has 1 heterocycles. The fraction of sp³-hybridized carbons (Fsp3) is 0.250.